The van der Waals surface area contributed by atoms with Crippen molar-refractivity contribution >= 4 is 15.9 Å². The lowest BCUT2D eigenvalue weighted by atomic mass is 9.90. The molecule has 13 heavy (non-hydrogen) atoms. The first kappa shape index (κ1) is 9.22. The number of halogens is 1. The van der Waals surface area contributed by atoms with E-state index in [1.807, 2.05) is 6.07 Å². The third kappa shape index (κ3) is 1.79. The van der Waals surface area contributed by atoms with Gasteiger partial charge in [-0.2, -0.15) is 0 Å². The minimum atomic E-state index is 0.145. The predicted octanol–water partition coefficient (Wildman–Crippen LogP) is 2.82. The van der Waals surface area contributed by atoms with E-state index in [1.54, 1.807) is 0 Å². The Balaban J connectivity index is 2.47. The second kappa shape index (κ2) is 3.81. The third-order valence-corrected chi connectivity index (χ3v) is 3.36. The number of fused-ring (bicyclic) bond motifs is 1. The summed E-state index contributed by atoms with van der Waals surface area (Å²) in [6.07, 6.45) is 4.93. The molecule has 0 atom stereocenters. The van der Waals surface area contributed by atoms with Crippen molar-refractivity contribution in [1.29, 1.82) is 0 Å². The molecule has 1 aromatic rings. The molecule has 0 fully saturated rings. The van der Waals surface area contributed by atoms with Crippen LogP contribution in [-0.4, -0.2) is 5.11 Å². The highest BCUT2D eigenvalue weighted by atomic mass is 79.9. The fourth-order valence-corrected chi connectivity index (χ4v) is 2.71. The van der Waals surface area contributed by atoms with Gasteiger partial charge in [0.15, 0.2) is 0 Å². The van der Waals surface area contributed by atoms with Crippen LogP contribution in [0, 0.1) is 0 Å². The van der Waals surface area contributed by atoms with Gasteiger partial charge in [-0.1, -0.05) is 22.0 Å². The van der Waals surface area contributed by atoms with Gasteiger partial charge in [0.25, 0.3) is 0 Å². The zero-order chi connectivity index (χ0) is 9.26. The van der Waals surface area contributed by atoms with Crippen LogP contribution in [0.4, 0.5) is 0 Å². The summed E-state index contributed by atoms with van der Waals surface area (Å²) in [5.74, 6) is 0. The maximum Gasteiger partial charge on any atom is 0.0682 e. The van der Waals surface area contributed by atoms with Crippen molar-refractivity contribution in [3.05, 3.63) is 33.3 Å². The Kier molecular flexibility index (Phi) is 2.70. The van der Waals surface area contributed by atoms with Crippen molar-refractivity contribution in [2.45, 2.75) is 32.3 Å². The molecule has 0 spiro atoms. The predicted molar refractivity (Wildman–Crippen MR) is 56.7 cm³/mol. The van der Waals surface area contributed by atoms with Gasteiger partial charge in [-0.05, 0) is 48.4 Å². The summed E-state index contributed by atoms with van der Waals surface area (Å²) in [6, 6.07) is 4.17. The second-order valence-electron chi connectivity index (χ2n) is 3.58. The molecule has 2 rings (SSSR count). The highest BCUT2D eigenvalue weighted by Crippen LogP contribution is 2.29. The molecule has 1 aliphatic rings. The first-order chi connectivity index (χ1) is 6.31. The van der Waals surface area contributed by atoms with E-state index in [9.17, 15) is 0 Å². The standard InChI is InChI=1S/C11H13BrO/c12-11-6-8(7-13)5-9-3-1-2-4-10(9)11/h5-6,13H,1-4,7H2. The molecule has 0 aromatic heterocycles. The van der Waals surface area contributed by atoms with E-state index in [-0.39, 0.29) is 6.61 Å². The van der Waals surface area contributed by atoms with E-state index >= 15 is 0 Å². The fourth-order valence-electron chi connectivity index (χ4n) is 1.97. The summed E-state index contributed by atoms with van der Waals surface area (Å²) >= 11 is 3.56. The molecule has 1 aromatic carbocycles. The minimum absolute atomic E-state index is 0.145. The molecule has 0 bridgehead atoms. The lowest BCUT2D eigenvalue weighted by Crippen LogP contribution is -2.04. The van der Waals surface area contributed by atoms with Gasteiger partial charge >= 0.3 is 0 Å². The van der Waals surface area contributed by atoms with Crippen LogP contribution in [0.3, 0.4) is 0 Å². The normalized spacial score (nSPS) is 15.5. The highest BCUT2D eigenvalue weighted by Gasteiger charge is 2.12. The van der Waals surface area contributed by atoms with Gasteiger partial charge in [-0.25, -0.2) is 0 Å². The van der Waals surface area contributed by atoms with Gasteiger partial charge in [-0.15, -0.1) is 0 Å². The number of hydrogen-bond acceptors (Lipinski definition) is 1. The summed E-state index contributed by atoms with van der Waals surface area (Å²) in [5.41, 5.74) is 3.89. The molecule has 0 amide bonds. The zero-order valence-electron chi connectivity index (χ0n) is 7.52. The van der Waals surface area contributed by atoms with Gasteiger partial charge < -0.3 is 5.11 Å². The molecule has 2 heteroatoms. The number of hydrogen-bond donors (Lipinski definition) is 1. The number of aliphatic hydroxyl groups excluding tert-OH is 1. The molecule has 70 valence electrons. The van der Waals surface area contributed by atoms with Crippen LogP contribution in [0.2, 0.25) is 0 Å². The Hall–Kier alpha value is -0.340. The van der Waals surface area contributed by atoms with Gasteiger partial charge in [0.05, 0.1) is 6.61 Å². The zero-order valence-corrected chi connectivity index (χ0v) is 9.10. The Morgan fingerprint density at radius 2 is 2.00 bits per heavy atom. The largest absolute Gasteiger partial charge is 0.392 e. The highest BCUT2D eigenvalue weighted by molar-refractivity contribution is 9.10. The van der Waals surface area contributed by atoms with E-state index < -0.39 is 0 Å². The van der Waals surface area contributed by atoms with E-state index in [0.717, 1.165) is 5.56 Å². The third-order valence-electron chi connectivity index (χ3n) is 2.65. The SMILES string of the molecule is OCc1cc(Br)c2c(c1)CCCC2. The second-order valence-corrected chi connectivity index (χ2v) is 4.43. The number of aliphatic hydroxyl groups is 1. The van der Waals surface area contributed by atoms with Crippen molar-refractivity contribution in [3.63, 3.8) is 0 Å². The Labute approximate surface area is 86.9 Å². The smallest absolute Gasteiger partial charge is 0.0682 e. The molecule has 1 aliphatic carbocycles. The monoisotopic (exact) mass is 240 g/mol. The average molecular weight is 241 g/mol. The fraction of sp³-hybridized carbons (Fsp3) is 0.455. The van der Waals surface area contributed by atoms with Gasteiger partial charge in [-0.3, -0.25) is 0 Å². The average Bonchev–Trinajstić information content (AvgIpc) is 2.18. The quantitative estimate of drug-likeness (QED) is 0.801. The van der Waals surface area contributed by atoms with Crippen LogP contribution >= 0.6 is 15.9 Å². The van der Waals surface area contributed by atoms with Crippen LogP contribution in [0.15, 0.2) is 16.6 Å². The molecule has 1 nitrogen and oxygen atoms in total. The van der Waals surface area contributed by atoms with Gasteiger partial charge in [0.1, 0.15) is 0 Å². The maximum atomic E-state index is 9.04. The summed E-state index contributed by atoms with van der Waals surface area (Å²) in [7, 11) is 0. The van der Waals surface area contributed by atoms with Crippen molar-refractivity contribution < 1.29 is 5.11 Å². The topological polar surface area (TPSA) is 20.2 Å². The Morgan fingerprint density at radius 1 is 1.23 bits per heavy atom. The molecule has 0 heterocycles. The van der Waals surface area contributed by atoms with Crippen molar-refractivity contribution in [1.82, 2.24) is 0 Å². The van der Waals surface area contributed by atoms with E-state index in [4.69, 9.17) is 5.11 Å². The molecule has 0 unspecified atom stereocenters. The first-order valence-electron chi connectivity index (χ1n) is 4.72. The van der Waals surface area contributed by atoms with E-state index in [2.05, 4.69) is 22.0 Å². The summed E-state index contributed by atoms with van der Waals surface area (Å²) in [4.78, 5) is 0. The van der Waals surface area contributed by atoms with E-state index in [1.165, 1.54) is 41.3 Å². The molecule has 0 saturated carbocycles. The molecule has 0 saturated heterocycles. The van der Waals surface area contributed by atoms with Crippen LogP contribution < -0.4 is 0 Å². The summed E-state index contributed by atoms with van der Waals surface area (Å²) in [5, 5.41) is 9.04. The van der Waals surface area contributed by atoms with Crippen molar-refractivity contribution in [2.75, 3.05) is 0 Å². The van der Waals surface area contributed by atoms with Crippen LogP contribution in [0.1, 0.15) is 29.5 Å². The Bertz CT molecular complexity index is 320. The maximum absolute atomic E-state index is 9.04. The van der Waals surface area contributed by atoms with E-state index in [0.29, 0.717) is 0 Å². The summed E-state index contributed by atoms with van der Waals surface area (Å²) < 4.78 is 1.17. The number of rotatable bonds is 1. The van der Waals surface area contributed by atoms with Crippen LogP contribution in [-0.2, 0) is 19.4 Å². The molecular formula is C11H13BrO. The first-order valence-corrected chi connectivity index (χ1v) is 5.51. The number of benzene rings is 1. The number of aryl methyl sites for hydroxylation is 1. The van der Waals surface area contributed by atoms with Gasteiger partial charge in [0.2, 0.25) is 0 Å². The van der Waals surface area contributed by atoms with Crippen molar-refractivity contribution in [3.8, 4) is 0 Å². The minimum Gasteiger partial charge on any atom is -0.392 e. The van der Waals surface area contributed by atoms with Crippen LogP contribution in [0.25, 0.3) is 0 Å². The van der Waals surface area contributed by atoms with Crippen molar-refractivity contribution in [2.24, 2.45) is 0 Å². The summed E-state index contributed by atoms with van der Waals surface area (Å²) in [6.45, 7) is 0.145. The van der Waals surface area contributed by atoms with Crippen LogP contribution in [0.5, 0.6) is 0 Å². The lowest BCUT2D eigenvalue weighted by molar-refractivity contribution is 0.281. The lowest BCUT2D eigenvalue weighted by Gasteiger charge is -2.18. The Morgan fingerprint density at radius 3 is 2.77 bits per heavy atom. The molecular weight excluding hydrogens is 228 g/mol. The van der Waals surface area contributed by atoms with Gasteiger partial charge in [0, 0.05) is 4.47 Å². The molecule has 0 radical (unpaired) electrons. The molecule has 0 aliphatic heterocycles. The molecule has 1 N–H and O–H groups in total.